The molecule has 19 heavy (non-hydrogen) atoms. The number of methoxy groups -OCH3 is 1. The predicted octanol–water partition coefficient (Wildman–Crippen LogP) is 1.93. The third kappa shape index (κ3) is 3.04. The Morgan fingerprint density at radius 1 is 1.47 bits per heavy atom. The number of carbonyl (C=O) groups excluding carboxylic acids is 1. The van der Waals surface area contributed by atoms with Gasteiger partial charge in [-0.25, -0.2) is 0 Å². The van der Waals surface area contributed by atoms with Crippen molar-refractivity contribution in [2.24, 2.45) is 5.92 Å². The molecule has 0 atom stereocenters. The van der Waals surface area contributed by atoms with E-state index in [1.807, 2.05) is 0 Å². The lowest BCUT2D eigenvalue weighted by molar-refractivity contribution is -0.122. The largest absolute Gasteiger partial charge is 0.495 e. The summed E-state index contributed by atoms with van der Waals surface area (Å²) in [5.41, 5.74) is 0.851. The summed E-state index contributed by atoms with van der Waals surface area (Å²) in [6.45, 7) is 1.21. The maximum Gasteiger partial charge on any atom is 0.227 e. The third-order valence-electron chi connectivity index (χ3n) is 3.21. The second-order valence-corrected chi connectivity index (χ2v) is 4.37. The molecular weight excluding hydrogens is 244 g/mol. The number of benzene rings is 1. The van der Waals surface area contributed by atoms with Crippen LogP contribution in [0, 0.1) is 17.2 Å². The van der Waals surface area contributed by atoms with E-state index in [9.17, 15) is 4.79 Å². The molecule has 1 fully saturated rings. The highest BCUT2D eigenvalue weighted by Gasteiger charge is 2.23. The average molecular weight is 260 g/mol. The van der Waals surface area contributed by atoms with E-state index in [2.05, 4.69) is 11.4 Å². The van der Waals surface area contributed by atoms with Gasteiger partial charge in [0.25, 0.3) is 0 Å². The molecule has 0 radical (unpaired) electrons. The molecule has 0 unspecified atom stereocenters. The predicted molar refractivity (Wildman–Crippen MR) is 69.9 cm³/mol. The summed E-state index contributed by atoms with van der Waals surface area (Å²) in [7, 11) is 1.51. The Kier molecular flexibility index (Phi) is 4.37. The molecule has 0 bridgehead atoms. The van der Waals surface area contributed by atoms with E-state index >= 15 is 0 Å². The van der Waals surface area contributed by atoms with Crippen molar-refractivity contribution in [2.75, 3.05) is 25.6 Å². The molecule has 1 saturated heterocycles. The van der Waals surface area contributed by atoms with E-state index in [4.69, 9.17) is 14.7 Å². The highest BCUT2D eigenvalue weighted by Crippen LogP contribution is 2.29. The molecule has 0 aromatic heterocycles. The minimum Gasteiger partial charge on any atom is -0.495 e. The van der Waals surface area contributed by atoms with Crippen LogP contribution in [0.2, 0.25) is 0 Å². The fourth-order valence-electron chi connectivity index (χ4n) is 2.11. The molecule has 5 heteroatoms. The van der Waals surface area contributed by atoms with E-state index in [1.54, 1.807) is 18.2 Å². The molecule has 1 aliphatic heterocycles. The zero-order chi connectivity index (χ0) is 13.7. The van der Waals surface area contributed by atoms with Gasteiger partial charge in [-0.05, 0) is 25.0 Å². The Bertz CT molecular complexity index is 502. The molecule has 0 aliphatic carbocycles. The monoisotopic (exact) mass is 260 g/mol. The number of nitrogens with zero attached hydrogens (tertiary/aromatic N) is 1. The standard InChI is InChI=1S/C14H16N2O3/c1-18-12-4-2-3-11(9-15)13(12)16-14(17)10-5-7-19-8-6-10/h2-4,10H,5-8H2,1H3,(H,16,17). The molecule has 0 spiro atoms. The number of para-hydroxylation sites is 1. The van der Waals surface area contributed by atoms with Gasteiger partial charge < -0.3 is 14.8 Å². The van der Waals surface area contributed by atoms with Gasteiger partial charge >= 0.3 is 0 Å². The molecular formula is C14H16N2O3. The molecule has 100 valence electrons. The van der Waals surface area contributed by atoms with Crippen molar-refractivity contribution < 1.29 is 14.3 Å². The van der Waals surface area contributed by atoms with Gasteiger partial charge in [-0.3, -0.25) is 4.79 Å². The van der Waals surface area contributed by atoms with Crippen LogP contribution in [0.3, 0.4) is 0 Å². The van der Waals surface area contributed by atoms with Crippen LogP contribution < -0.4 is 10.1 Å². The van der Waals surface area contributed by atoms with Gasteiger partial charge in [0.1, 0.15) is 17.5 Å². The lowest BCUT2D eigenvalue weighted by Gasteiger charge is -2.22. The van der Waals surface area contributed by atoms with Crippen molar-refractivity contribution in [1.29, 1.82) is 5.26 Å². The number of carbonyl (C=O) groups is 1. The van der Waals surface area contributed by atoms with Crippen LogP contribution in [-0.2, 0) is 9.53 Å². The van der Waals surface area contributed by atoms with Crippen LogP contribution in [0.15, 0.2) is 18.2 Å². The Hall–Kier alpha value is -2.06. The van der Waals surface area contributed by atoms with Crippen molar-refractivity contribution in [2.45, 2.75) is 12.8 Å². The lowest BCUT2D eigenvalue weighted by Crippen LogP contribution is -2.29. The number of anilines is 1. The zero-order valence-corrected chi connectivity index (χ0v) is 10.8. The number of nitrogens with one attached hydrogen (secondary N) is 1. The minimum absolute atomic E-state index is 0.0646. The highest BCUT2D eigenvalue weighted by molar-refractivity contribution is 5.95. The Balaban J connectivity index is 2.18. The molecule has 1 aromatic carbocycles. The molecule has 2 rings (SSSR count). The van der Waals surface area contributed by atoms with Crippen LogP contribution >= 0.6 is 0 Å². The van der Waals surface area contributed by atoms with Crippen molar-refractivity contribution in [3.8, 4) is 11.8 Å². The number of amides is 1. The Labute approximate surface area is 112 Å². The smallest absolute Gasteiger partial charge is 0.227 e. The van der Waals surface area contributed by atoms with Gasteiger partial charge in [-0.1, -0.05) is 6.07 Å². The third-order valence-corrected chi connectivity index (χ3v) is 3.21. The molecule has 1 aliphatic rings. The first-order chi connectivity index (χ1) is 9.26. The summed E-state index contributed by atoms with van der Waals surface area (Å²) < 4.78 is 10.4. The van der Waals surface area contributed by atoms with E-state index in [0.29, 0.717) is 43.1 Å². The summed E-state index contributed by atoms with van der Waals surface area (Å²) in [5.74, 6) is 0.356. The first-order valence-electron chi connectivity index (χ1n) is 6.22. The van der Waals surface area contributed by atoms with Gasteiger partial charge in [0.2, 0.25) is 5.91 Å². The van der Waals surface area contributed by atoms with Crippen molar-refractivity contribution in [3.05, 3.63) is 23.8 Å². The maximum absolute atomic E-state index is 12.2. The van der Waals surface area contributed by atoms with Crippen LogP contribution in [-0.4, -0.2) is 26.2 Å². The molecule has 1 aromatic rings. The van der Waals surface area contributed by atoms with E-state index < -0.39 is 0 Å². The maximum atomic E-state index is 12.2. The molecule has 5 nitrogen and oxygen atoms in total. The molecule has 0 saturated carbocycles. The second kappa shape index (κ2) is 6.21. The highest BCUT2D eigenvalue weighted by atomic mass is 16.5. The summed E-state index contributed by atoms with van der Waals surface area (Å²) in [6.07, 6.45) is 1.42. The lowest BCUT2D eigenvalue weighted by atomic mass is 9.99. The number of hydrogen-bond acceptors (Lipinski definition) is 4. The van der Waals surface area contributed by atoms with Gasteiger partial charge in [0, 0.05) is 19.1 Å². The number of nitriles is 1. The summed E-state index contributed by atoms with van der Waals surface area (Å²) in [4.78, 5) is 12.2. The number of hydrogen-bond donors (Lipinski definition) is 1. The van der Waals surface area contributed by atoms with Gasteiger partial charge in [0.05, 0.1) is 12.7 Å². The fraction of sp³-hybridized carbons (Fsp3) is 0.429. The molecule has 1 N–H and O–H groups in total. The normalized spacial score (nSPS) is 15.6. The summed E-state index contributed by atoms with van der Waals surface area (Å²) in [5, 5.41) is 11.9. The topological polar surface area (TPSA) is 71.3 Å². The molecule has 1 amide bonds. The minimum atomic E-state index is -0.0794. The number of ether oxygens (including phenoxy) is 2. The van der Waals surface area contributed by atoms with Crippen molar-refractivity contribution >= 4 is 11.6 Å². The number of rotatable bonds is 3. The van der Waals surface area contributed by atoms with Gasteiger partial charge in [0.15, 0.2) is 0 Å². The van der Waals surface area contributed by atoms with Crippen LogP contribution in [0.1, 0.15) is 18.4 Å². The molecule has 1 heterocycles. The first-order valence-corrected chi connectivity index (χ1v) is 6.22. The quantitative estimate of drug-likeness (QED) is 0.901. The second-order valence-electron chi connectivity index (χ2n) is 4.37. The SMILES string of the molecule is COc1cccc(C#N)c1NC(=O)C1CCOCC1. The fourth-order valence-corrected chi connectivity index (χ4v) is 2.11. The summed E-state index contributed by atoms with van der Waals surface area (Å²) >= 11 is 0. The first kappa shape index (κ1) is 13.4. The van der Waals surface area contributed by atoms with E-state index in [1.165, 1.54) is 7.11 Å². The van der Waals surface area contributed by atoms with E-state index in [0.717, 1.165) is 0 Å². The van der Waals surface area contributed by atoms with Crippen LogP contribution in [0.4, 0.5) is 5.69 Å². The van der Waals surface area contributed by atoms with Crippen molar-refractivity contribution in [1.82, 2.24) is 0 Å². The Morgan fingerprint density at radius 2 is 2.21 bits per heavy atom. The van der Waals surface area contributed by atoms with Gasteiger partial charge in [-0.2, -0.15) is 5.26 Å². The van der Waals surface area contributed by atoms with Crippen molar-refractivity contribution in [3.63, 3.8) is 0 Å². The zero-order valence-electron chi connectivity index (χ0n) is 10.8. The van der Waals surface area contributed by atoms with E-state index in [-0.39, 0.29) is 11.8 Å². The van der Waals surface area contributed by atoms with Gasteiger partial charge in [-0.15, -0.1) is 0 Å². The van der Waals surface area contributed by atoms with Crippen LogP contribution in [0.5, 0.6) is 5.75 Å². The summed E-state index contributed by atoms with van der Waals surface area (Å²) in [6, 6.07) is 7.16. The Morgan fingerprint density at radius 3 is 2.84 bits per heavy atom. The average Bonchev–Trinajstić information content (AvgIpc) is 2.48. The van der Waals surface area contributed by atoms with Crippen LogP contribution in [0.25, 0.3) is 0 Å².